The fourth-order valence-corrected chi connectivity index (χ4v) is 2.10. The van der Waals surface area contributed by atoms with Gasteiger partial charge < -0.3 is 10.1 Å². The second kappa shape index (κ2) is 6.89. The Hall–Kier alpha value is -0.880. The maximum atomic E-state index is 11.6. The van der Waals surface area contributed by atoms with Gasteiger partial charge in [0, 0.05) is 12.7 Å². The third-order valence-corrected chi connectivity index (χ3v) is 3.51. The number of methoxy groups -OCH3 is 1. The molecule has 5 nitrogen and oxygen atoms in total. The summed E-state index contributed by atoms with van der Waals surface area (Å²) in [5, 5.41) is 7.21. The number of likely N-dealkylation sites (N-methyl/N-ethyl adjacent to an activating group) is 1. The number of aryl methyl sites for hydroxylation is 1. The Morgan fingerprint density at radius 2 is 2.33 bits per heavy atom. The number of hydrogen-bond donors (Lipinski definition) is 1. The minimum absolute atomic E-state index is 0.216. The number of aromatic nitrogens is 2. The zero-order chi connectivity index (χ0) is 13.6. The minimum atomic E-state index is -0.598. The molecule has 0 saturated carbocycles. The topological polar surface area (TPSA) is 56.2 Å². The van der Waals surface area contributed by atoms with Gasteiger partial charge in [-0.15, -0.1) is 0 Å². The second-order valence-corrected chi connectivity index (χ2v) is 5.37. The molecule has 0 aliphatic carbocycles. The van der Waals surface area contributed by atoms with Gasteiger partial charge in [-0.05, 0) is 49.2 Å². The van der Waals surface area contributed by atoms with E-state index in [0.717, 1.165) is 30.3 Å². The number of hydrogen-bond acceptors (Lipinski definition) is 4. The Kier molecular flexibility index (Phi) is 5.81. The molecule has 1 rings (SSSR count). The van der Waals surface area contributed by atoms with E-state index >= 15 is 0 Å². The lowest BCUT2D eigenvalue weighted by Gasteiger charge is -2.25. The van der Waals surface area contributed by atoms with Gasteiger partial charge in [-0.3, -0.25) is 9.48 Å². The maximum absolute atomic E-state index is 11.6. The molecule has 1 atom stereocenters. The van der Waals surface area contributed by atoms with Gasteiger partial charge in [0.1, 0.15) is 5.54 Å². The van der Waals surface area contributed by atoms with Crippen molar-refractivity contribution in [1.29, 1.82) is 0 Å². The summed E-state index contributed by atoms with van der Waals surface area (Å²) in [6.07, 6.45) is 6.37. The van der Waals surface area contributed by atoms with Gasteiger partial charge in [-0.25, -0.2) is 0 Å². The fraction of sp³-hybridized carbons (Fsp3) is 0.667. The molecule has 0 amide bonds. The standard InChI is InChI=1S/C12H20BrN3O2/c1-12(14-2,11(17)18-3)6-4-5-7-16-9-10(13)8-15-16/h8-9,14H,4-7H2,1-3H3. The van der Waals surface area contributed by atoms with Crippen molar-refractivity contribution >= 4 is 21.9 Å². The first kappa shape index (κ1) is 15.2. The van der Waals surface area contributed by atoms with Gasteiger partial charge in [0.15, 0.2) is 0 Å². The summed E-state index contributed by atoms with van der Waals surface area (Å²) in [4.78, 5) is 11.6. The van der Waals surface area contributed by atoms with Gasteiger partial charge in [-0.1, -0.05) is 0 Å². The summed E-state index contributed by atoms with van der Waals surface area (Å²) in [5.74, 6) is -0.216. The highest BCUT2D eigenvalue weighted by molar-refractivity contribution is 9.10. The van der Waals surface area contributed by atoms with E-state index in [0.29, 0.717) is 0 Å². The van der Waals surface area contributed by atoms with E-state index in [-0.39, 0.29) is 5.97 Å². The molecule has 0 radical (unpaired) electrons. The molecule has 0 fully saturated rings. The van der Waals surface area contributed by atoms with Gasteiger partial charge in [-0.2, -0.15) is 5.10 Å². The molecule has 1 aromatic heterocycles. The van der Waals surface area contributed by atoms with Crippen molar-refractivity contribution in [3.05, 3.63) is 16.9 Å². The molecule has 1 N–H and O–H groups in total. The number of nitrogens with zero attached hydrogens (tertiary/aromatic N) is 2. The van der Waals surface area contributed by atoms with E-state index in [4.69, 9.17) is 4.74 Å². The average Bonchev–Trinajstić information content (AvgIpc) is 2.79. The van der Waals surface area contributed by atoms with E-state index in [1.54, 1.807) is 13.2 Å². The molecule has 0 aromatic carbocycles. The zero-order valence-electron chi connectivity index (χ0n) is 11.1. The number of carbonyl (C=O) groups excluding carboxylic acids is 1. The van der Waals surface area contributed by atoms with Gasteiger partial charge in [0.05, 0.1) is 17.8 Å². The number of unbranched alkanes of at least 4 members (excludes halogenated alkanes) is 1. The maximum Gasteiger partial charge on any atom is 0.325 e. The van der Waals surface area contributed by atoms with Crippen molar-refractivity contribution < 1.29 is 9.53 Å². The van der Waals surface area contributed by atoms with Crippen molar-refractivity contribution in [2.45, 2.75) is 38.3 Å². The van der Waals surface area contributed by atoms with E-state index in [2.05, 4.69) is 26.3 Å². The summed E-state index contributed by atoms with van der Waals surface area (Å²) in [6, 6.07) is 0. The van der Waals surface area contributed by atoms with Gasteiger partial charge in [0.2, 0.25) is 0 Å². The average molecular weight is 318 g/mol. The molecule has 0 aliphatic rings. The monoisotopic (exact) mass is 317 g/mol. The van der Waals surface area contributed by atoms with Crippen LogP contribution >= 0.6 is 15.9 Å². The summed E-state index contributed by atoms with van der Waals surface area (Å²) in [6.45, 7) is 2.72. The van der Waals surface area contributed by atoms with Crippen LogP contribution in [-0.4, -0.2) is 35.4 Å². The fourth-order valence-electron chi connectivity index (χ4n) is 1.77. The highest BCUT2D eigenvalue weighted by atomic mass is 79.9. The zero-order valence-corrected chi connectivity index (χ0v) is 12.7. The molecule has 0 bridgehead atoms. The van der Waals surface area contributed by atoms with Crippen molar-refractivity contribution in [3.8, 4) is 0 Å². The van der Waals surface area contributed by atoms with Crippen molar-refractivity contribution in [1.82, 2.24) is 15.1 Å². The largest absolute Gasteiger partial charge is 0.468 e. The van der Waals surface area contributed by atoms with Crippen LogP contribution in [0.15, 0.2) is 16.9 Å². The lowest BCUT2D eigenvalue weighted by Crippen LogP contribution is -2.48. The quantitative estimate of drug-likeness (QED) is 0.617. The summed E-state index contributed by atoms with van der Waals surface area (Å²) in [5.41, 5.74) is -0.598. The molecule has 18 heavy (non-hydrogen) atoms. The number of nitrogens with one attached hydrogen (secondary N) is 1. The number of rotatable bonds is 7. The highest BCUT2D eigenvalue weighted by Gasteiger charge is 2.31. The van der Waals surface area contributed by atoms with Crippen LogP contribution in [0.1, 0.15) is 26.2 Å². The number of carbonyl (C=O) groups is 1. The van der Waals surface area contributed by atoms with Gasteiger partial charge >= 0.3 is 5.97 Å². The van der Waals surface area contributed by atoms with E-state index < -0.39 is 5.54 Å². The lowest BCUT2D eigenvalue weighted by atomic mass is 9.95. The van der Waals surface area contributed by atoms with Crippen molar-refractivity contribution in [2.75, 3.05) is 14.2 Å². The van der Waals surface area contributed by atoms with Crippen LogP contribution in [0.5, 0.6) is 0 Å². The Balaban J connectivity index is 2.34. The van der Waals surface area contributed by atoms with Crippen LogP contribution in [0.2, 0.25) is 0 Å². The van der Waals surface area contributed by atoms with E-state index in [9.17, 15) is 4.79 Å². The van der Waals surface area contributed by atoms with Crippen LogP contribution in [0, 0.1) is 0 Å². The third-order valence-electron chi connectivity index (χ3n) is 3.10. The molecule has 0 aliphatic heterocycles. The number of halogens is 1. The Morgan fingerprint density at radius 1 is 1.61 bits per heavy atom. The molecular formula is C12H20BrN3O2. The molecule has 1 heterocycles. The molecule has 1 unspecified atom stereocenters. The van der Waals surface area contributed by atoms with Crippen LogP contribution in [0.3, 0.4) is 0 Å². The Labute approximate surface area is 116 Å². The molecule has 0 saturated heterocycles. The number of ether oxygens (including phenoxy) is 1. The Morgan fingerprint density at radius 3 is 2.83 bits per heavy atom. The summed E-state index contributed by atoms with van der Waals surface area (Å²) in [7, 11) is 3.20. The smallest absolute Gasteiger partial charge is 0.325 e. The second-order valence-electron chi connectivity index (χ2n) is 4.45. The predicted molar refractivity (Wildman–Crippen MR) is 73.3 cm³/mol. The molecular weight excluding hydrogens is 298 g/mol. The summed E-state index contributed by atoms with van der Waals surface area (Å²) < 4.78 is 7.67. The SMILES string of the molecule is CNC(C)(CCCCn1cc(Br)cn1)C(=O)OC. The molecule has 1 aromatic rings. The molecule has 102 valence electrons. The minimum Gasteiger partial charge on any atom is -0.468 e. The third kappa shape index (κ3) is 4.10. The number of esters is 1. The first-order valence-corrected chi connectivity index (χ1v) is 6.76. The van der Waals surface area contributed by atoms with Crippen LogP contribution in [0.25, 0.3) is 0 Å². The van der Waals surface area contributed by atoms with E-state index in [1.807, 2.05) is 17.8 Å². The summed E-state index contributed by atoms with van der Waals surface area (Å²) >= 11 is 3.36. The highest BCUT2D eigenvalue weighted by Crippen LogP contribution is 2.16. The normalized spacial score (nSPS) is 14.2. The predicted octanol–water partition coefficient (Wildman–Crippen LogP) is 1.97. The van der Waals surface area contributed by atoms with Crippen LogP contribution < -0.4 is 5.32 Å². The van der Waals surface area contributed by atoms with Crippen molar-refractivity contribution in [3.63, 3.8) is 0 Å². The first-order valence-electron chi connectivity index (χ1n) is 5.97. The lowest BCUT2D eigenvalue weighted by molar-refractivity contribution is -0.148. The van der Waals surface area contributed by atoms with E-state index in [1.165, 1.54) is 7.11 Å². The Bertz CT molecular complexity index is 394. The van der Waals surface area contributed by atoms with Crippen molar-refractivity contribution in [2.24, 2.45) is 0 Å². The molecule has 6 heteroatoms. The van der Waals surface area contributed by atoms with Crippen LogP contribution in [-0.2, 0) is 16.1 Å². The molecule has 0 spiro atoms. The van der Waals surface area contributed by atoms with Crippen LogP contribution in [0.4, 0.5) is 0 Å². The first-order chi connectivity index (χ1) is 8.51. The van der Waals surface area contributed by atoms with Gasteiger partial charge in [0.25, 0.3) is 0 Å².